The average molecular weight is 538 g/mol. The third-order valence-electron chi connectivity index (χ3n) is 9.07. The molecule has 4 heteroatoms. The Morgan fingerprint density at radius 3 is 2.25 bits per heavy atom. The first-order valence-electron chi connectivity index (χ1n) is 15.8. The monoisotopic (exact) mass is 537 g/mol. The van der Waals surface area contributed by atoms with Crippen molar-refractivity contribution < 1.29 is 4.79 Å². The van der Waals surface area contributed by atoms with Crippen LogP contribution in [0, 0.1) is 5.92 Å². The smallest absolute Gasteiger partial charge is 0.254 e. The van der Waals surface area contributed by atoms with Crippen molar-refractivity contribution in [1.29, 1.82) is 0 Å². The first kappa shape index (κ1) is 28.5. The van der Waals surface area contributed by atoms with Crippen molar-refractivity contribution in [3.05, 3.63) is 89.7 Å². The van der Waals surface area contributed by atoms with Crippen molar-refractivity contribution in [3.8, 4) is 11.1 Å². The number of nitrogens with zero attached hydrogens (tertiary/aromatic N) is 3. The number of aryl methyl sites for hydroxylation is 1. The highest BCUT2D eigenvalue weighted by molar-refractivity contribution is 5.94. The van der Waals surface area contributed by atoms with Crippen molar-refractivity contribution >= 4 is 5.91 Å². The first-order chi connectivity index (χ1) is 19.7. The fraction of sp³-hybridized carbons (Fsp3) is 0.500. The molecule has 1 amide bonds. The number of unbranched alkanes of at least 4 members (excludes halogenated alkanes) is 2. The molecule has 2 fully saturated rings. The molecule has 1 aliphatic carbocycles. The van der Waals surface area contributed by atoms with E-state index in [1.165, 1.54) is 69.0 Å². The zero-order chi connectivity index (χ0) is 27.6. The van der Waals surface area contributed by atoms with Crippen LogP contribution in [0.15, 0.2) is 73.1 Å². The van der Waals surface area contributed by atoms with Crippen LogP contribution < -0.4 is 0 Å². The van der Waals surface area contributed by atoms with Crippen LogP contribution in [-0.4, -0.2) is 46.4 Å². The second kappa shape index (κ2) is 14.6. The Hall–Kier alpha value is -2.98. The number of hydrogen-bond donors (Lipinski definition) is 0. The summed E-state index contributed by atoms with van der Waals surface area (Å²) in [6.07, 6.45) is 17.6. The highest BCUT2D eigenvalue weighted by Gasteiger charge is 2.30. The number of carbonyl (C=O) groups excluding carboxylic acids is 1. The zero-order valence-electron chi connectivity index (χ0n) is 24.4. The molecule has 1 saturated heterocycles. The lowest BCUT2D eigenvalue weighted by atomic mass is 9.88. The van der Waals surface area contributed by atoms with E-state index >= 15 is 0 Å². The van der Waals surface area contributed by atoms with E-state index in [4.69, 9.17) is 0 Å². The molecule has 0 bridgehead atoms. The lowest BCUT2D eigenvalue weighted by Crippen LogP contribution is -2.48. The number of aromatic nitrogens is 1. The van der Waals surface area contributed by atoms with E-state index in [2.05, 4.69) is 76.3 Å². The molecule has 2 heterocycles. The lowest BCUT2D eigenvalue weighted by molar-refractivity contribution is 0.0526. The lowest BCUT2D eigenvalue weighted by Gasteiger charge is -2.40. The van der Waals surface area contributed by atoms with Crippen molar-refractivity contribution in [2.24, 2.45) is 5.92 Å². The standard InChI is InChI=1S/C36H47N3O/c1-2-3-5-9-29-13-19-33(20-14-29)36(40)39(28-31-15-17-32(18-16-31)34-12-8-23-37-26-34)35-21-24-38(25-22-35)27-30-10-6-4-7-11-30/h8,12-20,23,26,30,35H,2-7,9-11,21-22,24-25,27-28H2,1H3. The second-order valence-corrected chi connectivity index (χ2v) is 12.1. The molecule has 5 rings (SSSR count). The molecule has 1 aromatic heterocycles. The third kappa shape index (κ3) is 7.81. The summed E-state index contributed by atoms with van der Waals surface area (Å²) in [4.78, 5) is 23.1. The number of hydrogen-bond acceptors (Lipinski definition) is 3. The second-order valence-electron chi connectivity index (χ2n) is 12.1. The van der Waals surface area contributed by atoms with Gasteiger partial charge in [-0.25, -0.2) is 0 Å². The van der Waals surface area contributed by atoms with Gasteiger partial charge in [-0.05, 0) is 84.9 Å². The molecule has 0 spiro atoms. The van der Waals surface area contributed by atoms with Gasteiger partial charge in [-0.15, -0.1) is 0 Å². The first-order valence-corrected chi connectivity index (χ1v) is 15.8. The summed E-state index contributed by atoms with van der Waals surface area (Å²) in [5, 5.41) is 0. The van der Waals surface area contributed by atoms with Crippen LogP contribution in [0.2, 0.25) is 0 Å². The molecule has 0 radical (unpaired) electrons. The maximum atomic E-state index is 14.0. The van der Waals surface area contributed by atoms with Crippen molar-refractivity contribution in [2.75, 3.05) is 19.6 Å². The number of benzene rings is 2. The SMILES string of the molecule is CCCCCc1ccc(C(=O)N(Cc2ccc(-c3cccnc3)cc2)C2CCN(CC3CCCCC3)CC2)cc1. The summed E-state index contributed by atoms with van der Waals surface area (Å²) in [6, 6.07) is 21.4. The Labute approximate surface area is 241 Å². The minimum atomic E-state index is 0.169. The zero-order valence-corrected chi connectivity index (χ0v) is 24.4. The largest absolute Gasteiger partial charge is 0.331 e. The Morgan fingerprint density at radius 2 is 1.57 bits per heavy atom. The van der Waals surface area contributed by atoms with E-state index < -0.39 is 0 Å². The van der Waals surface area contributed by atoms with Gasteiger partial charge in [0.25, 0.3) is 5.91 Å². The van der Waals surface area contributed by atoms with E-state index in [9.17, 15) is 4.79 Å². The van der Waals surface area contributed by atoms with Gasteiger partial charge in [0, 0.05) is 50.2 Å². The van der Waals surface area contributed by atoms with E-state index in [0.717, 1.165) is 55.0 Å². The molecule has 4 nitrogen and oxygen atoms in total. The number of rotatable bonds is 11. The number of pyridine rings is 1. The number of amides is 1. The van der Waals surface area contributed by atoms with Crippen LogP contribution in [0.5, 0.6) is 0 Å². The van der Waals surface area contributed by atoms with Crippen molar-refractivity contribution in [3.63, 3.8) is 0 Å². The van der Waals surface area contributed by atoms with E-state index in [0.29, 0.717) is 6.54 Å². The van der Waals surface area contributed by atoms with Crippen LogP contribution in [0.1, 0.15) is 92.6 Å². The molecular formula is C36H47N3O. The Morgan fingerprint density at radius 1 is 0.850 bits per heavy atom. The summed E-state index contributed by atoms with van der Waals surface area (Å²) < 4.78 is 0. The van der Waals surface area contributed by atoms with Gasteiger partial charge in [0.1, 0.15) is 0 Å². The highest BCUT2D eigenvalue weighted by atomic mass is 16.2. The fourth-order valence-electron chi connectivity index (χ4n) is 6.61. The van der Waals surface area contributed by atoms with Gasteiger partial charge in [0.15, 0.2) is 0 Å². The molecule has 2 aromatic carbocycles. The number of piperidine rings is 1. The van der Waals surface area contributed by atoms with Crippen LogP contribution >= 0.6 is 0 Å². The summed E-state index contributed by atoms with van der Waals surface area (Å²) in [5.41, 5.74) is 5.60. The molecule has 0 atom stereocenters. The van der Waals surface area contributed by atoms with Crippen LogP contribution in [0.4, 0.5) is 0 Å². The molecule has 212 valence electrons. The van der Waals surface area contributed by atoms with Crippen LogP contribution in [-0.2, 0) is 13.0 Å². The summed E-state index contributed by atoms with van der Waals surface area (Å²) in [5.74, 6) is 1.04. The minimum absolute atomic E-state index is 0.169. The van der Waals surface area contributed by atoms with Gasteiger partial charge >= 0.3 is 0 Å². The summed E-state index contributed by atoms with van der Waals surface area (Å²) >= 11 is 0. The Balaban J connectivity index is 1.28. The maximum Gasteiger partial charge on any atom is 0.254 e. The summed E-state index contributed by atoms with van der Waals surface area (Å²) in [7, 11) is 0. The van der Waals surface area contributed by atoms with Gasteiger partial charge in [-0.2, -0.15) is 0 Å². The van der Waals surface area contributed by atoms with Crippen molar-refractivity contribution in [1.82, 2.24) is 14.8 Å². The van der Waals surface area contributed by atoms with E-state index in [1.807, 2.05) is 12.3 Å². The predicted molar refractivity (Wildman–Crippen MR) is 165 cm³/mol. The molecule has 1 aliphatic heterocycles. The predicted octanol–water partition coefficient (Wildman–Crippen LogP) is 8.17. The molecule has 0 N–H and O–H groups in total. The summed E-state index contributed by atoms with van der Waals surface area (Å²) in [6.45, 7) is 6.33. The minimum Gasteiger partial charge on any atom is -0.331 e. The highest BCUT2D eigenvalue weighted by Crippen LogP contribution is 2.28. The van der Waals surface area contributed by atoms with Crippen LogP contribution in [0.3, 0.4) is 0 Å². The van der Waals surface area contributed by atoms with Crippen LogP contribution in [0.25, 0.3) is 11.1 Å². The topological polar surface area (TPSA) is 36.4 Å². The number of likely N-dealkylation sites (tertiary alicyclic amines) is 1. The van der Waals surface area contributed by atoms with Gasteiger partial charge in [-0.3, -0.25) is 9.78 Å². The van der Waals surface area contributed by atoms with Gasteiger partial charge in [0.05, 0.1) is 0 Å². The molecule has 40 heavy (non-hydrogen) atoms. The van der Waals surface area contributed by atoms with Crippen molar-refractivity contribution in [2.45, 2.75) is 90.1 Å². The normalized spacial score (nSPS) is 17.1. The molecule has 3 aromatic rings. The van der Waals surface area contributed by atoms with Gasteiger partial charge in [-0.1, -0.05) is 81.5 Å². The maximum absolute atomic E-state index is 14.0. The third-order valence-corrected chi connectivity index (χ3v) is 9.07. The molecule has 2 aliphatic rings. The average Bonchev–Trinajstić information content (AvgIpc) is 3.02. The molecular weight excluding hydrogens is 490 g/mol. The fourth-order valence-corrected chi connectivity index (χ4v) is 6.61. The molecule has 0 unspecified atom stereocenters. The van der Waals surface area contributed by atoms with E-state index in [-0.39, 0.29) is 11.9 Å². The van der Waals surface area contributed by atoms with E-state index in [1.54, 1.807) is 6.20 Å². The number of carbonyl (C=O) groups is 1. The van der Waals surface area contributed by atoms with Gasteiger partial charge < -0.3 is 9.80 Å². The Bertz CT molecular complexity index is 1160. The Kier molecular flexibility index (Phi) is 10.4. The van der Waals surface area contributed by atoms with Gasteiger partial charge in [0.2, 0.25) is 0 Å². The molecule has 1 saturated carbocycles. The quantitative estimate of drug-likeness (QED) is 0.232.